The van der Waals surface area contributed by atoms with Gasteiger partial charge in [0.1, 0.15) is 66.0 Å². The number of aliphatic hydroxyl groups is 2. The molecule has 2 unspecified atom stereocenters. The van der Waals surface area contributed by atoms with Gasteiger partial charge in [0, 0.05) is 12.8 Å². The van der Waals surface area contributed by atoms with Crippen LogP contribution in [0.1, 0.15) is 133 Å². The molecular formula is C64H96F2N12O15. The van der Waals surface area contributed by atoms with Crippen molar-refractivity contribution in [3.63, 3.8) is 0 Å². The lowest BCUT2D eigenvalue weighted by molar-refractivity contribution is -0.157. The number of cyclic esters (lactones) is 1. The molecule has 93 heavy (non-hydrogen) atoms. The van der Waals surface area contributed by atoms with Crippen LogP contribution in [0.5, 0.6) is 0 Å². The number of hydrogen-bond donors (Lipinski definition) is 14. The summed E-state index contributed by atoms with van der Waals surface area (Å²) < 4.78 is 32.8. The number of benzene rings is 2. The zero-order chi connectivity index (χ0) is 69.6. The smallest absolute Gasteiger partial charge is 0.329 e. The van der Waals surface area contributed by atoms with E-state index in [0.29, 0.717) is 19.3 Å². The van der Waals surface area contributed by atoms with Gasteiger partial charge in [0.2, 0.25) is 71.4 Å². The molecule has 2 aromatic rings. The van der Waals surface area contributed by atoms with Crippen molar-refractivity contribution < 1.29 is 81.3 Å². The summed E-state index contributed by atoms with van der Waals surface area (Å²) in [4.78, 5) is 166. The van der Waals surface area contributed by atoms with Crippen LogP contribution in [0.15, 0.2) is 54.6 Å². The molecule has 16 N–H and O–H groups in total. The van der Waals surface area contributed by atoms with Gasteiger partial charge >= 0.3 is 5.97 Å². The first-order valence-electron chi connectivity index (χ1n) is 31.8. The van der Waals surface area contributed by atoms with Crippen molar-refractivity contribution >= 4 is 70.9 Å². The van der Waals surface area contributed by atoms with Gasteiger partial charge in [0.25, 0.3) is 0 Å². The third kappa shape index (κ3) is 22.0. The molecule has 4 rings (SSSR count). The Labute approximate surface area is 541 Å². The third-order valence-corrected chi connectivity index (χ3v) is 17.6. The van der Waals surface area contributed by atoms with E-state index in [1.54, 1.807) is 55.4 Å². The highest BCUT2D eigenvalue weighted by Crippen LogP contribution is 2.48. The number of amides is 11. The molecule has 2 aliphatic rings. The van der Waals surface area contributed by atoms with Crippen molar-refractivity contribution in [2.24, 2.45) is 41.1 Å². The first kappa shape index (κ1) is 77.3. The predicted octanol–water partition coefficient (Wildman–Crippen LogP) is -0.0935. The summed E-state index contributed by atoms with van der Waals surface area (Å²) in [5.41, 5.74) is 12.9. The topological polar surface area (TPSA) is 427 Å². The van der Waals surface area contributed by atoms with Crippen LogP contribution in [0.2, 0.25) is 0 Å². The monoisotopic (exact) mass is 1310 g/mol. The van der Waals surface area contributed by atoms with Gasteiger partial charge in [-0.2, -0.15) is 0 Å². The lowest BCUT2D eigenvalue weighted by atomic mass is 9.94. The summed E-state index contributed by atoms with van der Waals surface area (Å²) in [6.07, 6.45) is -4.41. The molecule has 1 aliphatic carbocycles. The summed E-state index contributed by atoms with van der Waals surface area (Å²) in [6.45, 7) is 13.6. The standard InChI is InChI=1S/C64H96F2N12O15/c1-11-32(5)48(73-54(83)42(67)25-22-38-20-23-40(24-21-38)39-18-16-15-17-19-39)58(87)71-44(30-79)56(85)70-43(26-27-47(68)81)55(84)74-50(34(7)13-3)60(89)75-49(33(6)12-2)59(88)72-45(31-80)57(86)76-52-37(10)93-62(91)51(35(8)14-4)77-63(92)64(29-41(64)28-46(65)66)78-53(82)36(9)69-61(52)90/h15-21,23-24,32-37,41-46,48-52,79-80H,11-14,22,25-31,67H2,1-10H3,(H2,68,81)(H,69,90)(H,70,85)(H,71,87)(H,72,88)(H,73,83)(H,74,84)(H,75,89)(H,76,86)(H,77,92)(H,78,82)/t32-,33-,34-,35-,36-,37-,41?,42+,43+,44-,45-,48-,49-,50+,51-,52+,64?/m0/s1. The number of esters is 1. The van der Waals surface area contributed by atoms with Gasteiger partial charge in [-0.05, 0) is 85.8 Å². The second-order valence-corrected chi connectivity index (χ2v) is 24.6. The minimum absolute atomic E-state index is 0.186. The van der Waals surface area contributed by atoms with Gasteiger partial charge in [-0.1, -0.05) is 136 Å². The number of aliphatic hydroxyl groups excluding tert-OH is 2. The second kappa shape index (κ2) is 36.3. The van der Waals surface area contributed by atoms with Crippen molar-refractivity contribution in [3.05, 3.63) is 60.2 Å². The predicted molar refractivity (Wildman–Crippen MR) is 337 cm³/mol. The molecule has 2 aromatic carbocycles. The molecule has 0 bridgehead atoms. The molecule has 17 atom stereocenters. The number of rotatable bonds is 33. The van der Waals surface area contributed by atoms with Crippen LogP contribution in [0.3, 0.4) is 0 Å². The lowest BCUT2D eigenvalue weighted by Crippen LogP contribution is -2.63. The Bertz CT molecular complexity index is 2930. The number of hydrogen-bond acceptors (Lipinski definition) is 16. The Balaban J connectivity index is 1.48. The van der Waals surface area contributed by atoms with Crippen LogP contribution in [-0.4, -0.2) is 173 Å². The van der Waals surface area contributed by atoms with Crippen LogP contribution in [-0.2, 0) is 68.7 Å². The van der Waals surface area contributed by atoms with Crippen molar-refractivity contribution in [2.45, 2.75) is 212 Å². The molecule has 29 heteroatoms. The molecule has 1 saturated heterocycles. The van der Waals surface area contributed by atoms with Gasteiger partial charge in [-0.3, -0.25) is 52.7 Å². The Morgan fingerprint density at radius 3 is 1.61 bits per heavy atom. The highest BCUT2D eigenvalue weighted by Gasteiger charge is 2.62. The van der Waals surface area contributed by atoms with Gasteiger partial charge in [0.15, 0.2) is 0 Å². The van der Waals surface area contributed by atoms with Gasteiger partial charge < -0.3 is 79.6 Å². The maximum absolute atomic E-state index is 14.4. The fourth-order valence-electron chi connectivity index (χ4n) is 10.5. The first-order chi connectivity index (χ1) is 43.9. The van der Waals surface area contributed by atoms with E-state index < -0.39 is 212 Å². The van der Waals surface area contributed by atoms with Crippen LogP contribution >= 0.6 is 0 Å². The van der Waals surface area contributed by atoms with Crippen molar-refractivity contribution in [2.75, 3.05) is 13.2 Å². The number of aryl methyl sites for hydroxylation is 1. The average Bonchev–Trinajstić information content (AvgIpc) is 1.58. The maximum atomic E-state index is 14.4. The number of nitrogens with two attached hydrogens (primary N) is 2. The number of carbonyl (C=O) groups is 12. The number of carbonyl (C=O) groups excluding carboxylic acids is 12. The summed E-state index contributed by atoms with van der Waals surface area (Å²) in [5.74, 6) is -15.3. The molecule has 1 spiro atoms. The molecule has 1 aliphatic heterocycles. The van der Waals surface area contributed by atoms with E-state index in [1.807, 2.05) is 54.6 Å². The third-order valence-electron chi connectivity index (χ3n) is 17.6. The number of alkyl halides is 2. The minimum atomic E-state index is -2.83. The Morgan fingerprint density at radius 2 is 1.11 bits per heavy atom. The SMILES string of the molecule is CC[C@H](C)[C@H](NC(=O)[C@H](N)CCc1ccc(-c2ccccc2)cc1)C(=O)N[C@@H](CO)C(=O)N[C@H](CCC(N)=O)C(=O)N[C@@H](C(=O)N[C@H](C(=O)N[C@@H](CO)C(=O)N[C@H]1C(=O)N[C@@H](C)C(=O)NC2(CC2CC(F)F)C(=O)N[C@@H]([C@@H](C)CC)C(=O)O[C@H]1C)[C@@H](C)CC)[C@@H](C)CC. The number of primary amides is 1. The lowest BCUT2D eigenvalue weighted by Gasteiger charge is -2.31. The summed E-state index contributed by atoms with van der Waals surface area (Å²) in [5, 5.41) is 45.8. The average molecular weight is 1310 g/mol. The zero-order valence-electron chi connectivity index (χ0n) is 54.6. The molecular weight excluding hydrogens is 1210 g/mol. The van der Waals surface area contributed by atoms with E-state index in [1.165, 1.54) is 13.8 Å². The summed E-state index contributed by atoms with van der Waals surface area (Å²) >= 11 is 0. The van der Waals surface area contributed by atoms with Crippen LogP contribution in [0, 0.1) is 29.6 Å². The first-order valence-corrected chi connectivity index (χ1v) is 31.8. The molecule has 11 amide bonds. The number of halogens is 2. The fourth-order valence-corrected chi connectivity index (χ4v) is 10.5. The van der Waals surface area contributed by atoms with Crippen molar-refractivity contribution in [1.29, 1.82) is 0 Å². The Kier molecular flexibility index (Phi) is 30.2. The van der Waals surface area contributed by atoms with Gasteiger partial charge in [-0.15, -0.1) is 0 Å². The highest BCUT2D eigenvalue weighted by atomic mass is 19.3. The van der Waals surface area contributed by atoms with Crippen molar-refractivity contribution in [3.8, 4) is 11.1 Å². The molecule has 27 nitrogen and oxygen atoms in total. The van der Waals surface area contributed by atoms with Gasteiger partial charge in [0.05, 0.1) is 19.3 Å². The molecule has 2 fully saturated rings. The molecule has 0 radical (unpaired) electrons. The Morgan fingerprint density at radius 1 is 0.624 bits per heavy atom. The van der Waals surface area contributed by atoms with Crippen molar-refractivity contribution in [1.82, 2.24) is 53.2 Å². The number of ether oxygens (including phenoxy) is 1. The fraction of sp³-hybridized carbons (Fsp3) is 0.625. The van der Waals surface area contributed by atoms with E-state index in [-0.39, 0.29) is 25.7 Å². The van der Waals surface area contributed by atoms with E-state index in [2.05, 4.69) is 53.2 Å². The quantitative estimate of drug-likeness (QED) is 0.0415. The van der Waals surface area contributed by atoms with Crippen LogP contribution in [0.25, 0.3) is 11.1 Å². The molecule has 516 valence electrons. The normalized spacial score (nSPS) is 22.7. The summed E-state index contributed by atoms with van der Waals surface area (Å²) in [6, 6.07) is 2.42. The van der Waals surface area contributed by atoms with Gasteiger partial charge in [-0.25, -0.2) is 13.6 Å². The highest BCUT2D eigenvalue weighted by molar-refractivity contribution is 6.01. The van der Waals surface area contributed by atoms with Crippen LogP contribution < -0.4 is 64.6 Å². The number of nitrogens with one attached hydrogen (secondary N) is 10. The molecule has 1 heterocycles. The van der Waals surface area contributed by atoms with E-state index in [4.69, 9.17) is 16.2 Å². The maximum Gasteiger partial charge on any atom is 0.329 e. The van der Waals surface area contributed by atoms with E-state index in [9.17, 15) is 76.5 Å². The van der Waals surface area contributed by atoms with E-state index >= 15 is 0 Å². The summed E-state index contributed by atoms with van der Waals surface area (Å²) in [7, 11) is 0. The molecule has 0 aromatic heterocycles. The Hall–Kier alpha value is -8.18. The zero-order valence-corrected chi connectivity index (χ0v) is 54.6. The molecule has 1 saturated carbocycles. The largest absolute Gasteiger partial charge is 0.458 e. The van der Waals surface area contributed by atoms with E-state index in [0.717, 1.165) is 16.7 Å². The second-order valence-electron chi connectivity index (χ2n) is 24.6. The minimum Gasteiger partial charge on any atom is -0.458 e. The van der Waals surface area contributed by atoms with Crippen LogP contribution in [0.4, 0.5) is 8.78 Å².